The number of nitrogens with two attached hydrogens (primary N) is 1. The first kappa shape index (κ1) is 14.8. The Morgan fingerprint density at radius 1 is 1.65 bits per heavy atom. The molecule has 7 nitrogen and oxygen atoms in total. The van der Waals surface area contributed by atoms with Crippen molar-refractivity contribution in [3.05, 3.63) is 10.6 Å². The summed E-state index contributed by atoms with van der Waals surface area (Å²) in [6.45, 7) is 1.91. The predicted molar refractivity (Wildman–Crippen MR) is 78.0 cm³/mol. The number of aliphatic hydroxyl groups excluding tert-OH is 1. The molecule has 0 aromatic carbocycles. The van der Waals surface area contributed by atoms with Gasteiger partial charge in [0.15, 0.2) is 0 Å². The second kappa shape index (κ2) is 5.78. The van der Waals surface area contributed by atoms with E-state index in [0.29, 0.717) is 10.6 Å². The third-order valence-electron chi connectivity index (χ3n) is 3.01. The van der Waals surface area contributed by atoms with Gasteiger partial charge in [-0.05, 0) is 6.92 Å². The number of thiophene rings is 1. The van der Waals surface area contributed by atoms with Gasteiger partial charge in [-0.25, -0.2) is 0 Å². The van der Waals surface area contributed by atoms with Crippen LogP contribution in [0.15, 0.2) is 0 Å². The first-order chi connectivity index (χ1) is 9.49. The smallest absolute Gasteiger partial charge is 0.263 e. The summed E-state index contributed by atoms with van der Waals surface area (Å²) < 4.78 is 6.64. The molecule has 0 bridgehead atoms. The van der Waals surface area contributed by atoms with E-state index in [1.54, 1.807) is 4.68 Å². The van der Waals surface area contributed by atoms with Crippen molar-refractivity contribution < 1.29 is 14.6 Å². The van der Waals surface area contributed by atoms with E-state index in [0.717, 1.165) is 15.9 Å². The lowest BCUT2D eigenvalue weighted by Crippen LogP contribution is -2.40. The Hall–Kier alpha value is -1.64. The molecular formula is C12H18N4O3S. The molecule has 2 aromatic rings. The lowest BCUT2D eigenvalue weighted by atomic mass is 10.2. The highest BCUT2D eigenvalue weighted by molar-refractivity contribution is 7.21. The van der Waals surface area contributed by atoms with Crippen LogP contribution in [0.4, 0.5) is 5.69 Å². The van der Waals surface area contributed by atoms with Crippen LogP contribution in [-0.4, -0.2) is 47.2 Å². The van der Waals surface area contributed by atoms with Gasteiger partial charge in [0.25, 0.3) is 5.91 Å². The lowest BCUT2D eigenvalue weighted by Gasteiger charge is -2.14. The monoisotopic (exact) mass is 298 g/mol. The Bertz CT molecular complexity index is 634. The van der Waals surface area contributed by atoms with E-state index in [9.17, 15) is 9.90 Å². The van der Waals surface area contributed by atoms with Gasteiger partial charge in [0, 0.05) is 14.2 Å². The summed E-state index contributed by atoms with van der Waals surface area (Å²) in [5.74, 6) is -0.306. The standard InChI is InChI=1S/C12H18N4O3S/c1-6-8-9(13)10(20-12(8)16(2)15-6)11(18)14-7(4-17)5-19-3/h7,17H,4-5,13H2,1-3H3,(H,14,18). The number of nitrogens with one attached hydrogen (secondary N) is 1. The number of carbonyl (C=O) groups excluding carboxylic acids is 1. The molecule has 1 atom stereocenters. The van der Waals surface area contributed by atoms with Gasteiger partial charge in [0.05, 0.1) is 36.0 Å². The Morgan fingerprint density at radius 2 is 2.35 bits per heavy atom. The summed E-state index contributed by atoms with van der Waals surface area (Å²) in [6, 6.07) is -0.448. The lowest BCUT2D eigenvalue weighted by molar-refractivity contribution is 0.0844. The number of hydrogen-bond acceptors (Lipinski definition) is 6. The van der Waals surface area contributed by atoms with E-state index in [1.807, 2.05) is 14.0 Å². The summed E-state index contributed by atoms with van der Waals surface area (Å²) in [5.41, 5.74) is 7.28. The molecule has 1 unspecified atom stereocenters. The fourth-order valence-electron chi connectivity index (χ4n) is 2.09. The summed E-state index contributed by atoms with van der Waals surface area (Å²) in [7, 11) is 3.33. The molecule has 110 valence electrons. The van der Waals surface area contributed by atoms with Gasteiger partial charge in [-0.2, -0.15) is 5.10 Å². The number of fused-ring (bicyclic) bond motifs is 1. The molecule has 4 N–H and O–H groups in total. The maximum atomic E-state index is 12.2. The van der Waals surface area contributed by atoms with Crippen molar-refractivity contribution in [2.24, 2.45) is 7.05 Å². The molecular weight excluding hydrogens is 280 g/mol. The Labute approximate surface area is 120 Å². The molecule has 20 heavy (non-hydrogen) atoms. The highest BCUT2D eigenvalue weighted by Crippen LogP contribution is 2.35. The summed E-state index contributed by atoms with van der Waals surface area (Å²) in [6.07, 6.45) is 0. The van der Waals surface area contributed by atoms with Gasteiger partial charge in [-0.3, -0.25) is 9.48 Å². The molecule has 0 spiro atoms. The number of carbonyl (C=O) groups is 1. The van der Waals surface area contributed by atoms with Crippen LogP contribution in [0.2, 0.25) is 0 Å². The van der Waals surface area contributed by atoms with Crippen molar-refractivity contribution in [1.29, 1.82) is 0 Å². The highest BCUT2D eigenvalue weighted by atomic mass is 32.1. The average Bonchev–Trinajstić information content (AvgIpc) is 2.88. The molecule has 1 amide bonds. The average molecular weight is 298 g/mol. The van der Waals surface area contributed by atoms with Crippen molar-refractivity contribution in [2.75, 3.05) is 26.1 Å². The van der Waals surface area contributed by atoms with Gasteiger partial charge < -0.3 is 20.9 Å². The number of ether oxygens (including phenoxy) is 1. The molecule has 0 aliphatic carbocycles. The topological polar surface area (TPSA) is 102 Å². The van der Waals surface area contributed by atoms with Crippen LogP contribution in [-0.2, 0) is 11.8 Å². The Balaban J connectivity index is 2.31. The number of nitrogens with zero attached hydrogens (tertiary/aromatic N) is 2. The van der Waals surface area contributed by atoms with Crippen LogP contribution in [0, 0.1) is 6.92 Å². The van der Waals surface area contributed by atoms with Crippen molar-refractivity contribution >= 4 is 33.1 Å². The highest BCUT2D eigenvalue weighted by Gasteiger charge is 2.22. The SMILES string of the molecule is COCC(CO)NC(=O)c1sc2c(c(C)nn2C)c1N. The molecule has 2 heterocycles. The molecule has 8 heteroatoms. The molecule has 0 aliphatic rings. The largest absolute Gasteiger partial charge is 0.397 e. The van der Waals surface area contributed by atoms with Gasteiger partial charge in [-0.15, -0.1) is 11.3 Å². The van der Waals surface area contributed by atoms with Crippen LogP contribution in [0.5, 0.6) is 0 Å². The molecule has 0 fully saturated rings. The quantitative estimate of drug-likeness (QED) is 0.735. The van der Waals surface area contributed by atoms with Gasteiger partial charge in [0.1, 0.15) is 9.71 Å². The Morgan fingerprint density at radius 3 is 2.90 bits per heavy atom. The minimum absolute atomic E-state index is 0.190. The number of aryl methyl sites for hydroxylation is 2. The molecule has 0 radical (unpaired) electrons. The fraction of sp³-hybridized carbons (Fsp3) is 0.500. The van der Waals surface area contributed by atoms with Crippen LogP contribution >= 0.6 is 11.3 Å². The first-order valence-electron chi connectivity index (χ1n) is 6.11. The van der Waals surface area contributed by atoms with Gasteiger partial charge in [0.2, 0.25) is 0 Å². The molecule has 2 aromatic heterocycles. The number of nitrogen functional groups attached to an aromatic ring is 1. The van der Waals surface area contributed by atoms with Crippen LogP contribution in [0.3, 0.4) is 0 Å². The second-order valence-corrected chi connectivity index (χ2v) is 5.54. The van der Waals surface area contributed by atoms with E-state index >= 15 is 0 Å². The van der Waals surface area contributed by atoms with Crippen molar-refractivity contribution in [1.82, 2.24) is 15.1 Å². The molecule has 0 saturated carbocycles. The van der Waals surface area contributed by atoms with Gasteiger partial charge in [-0.1, -0.05) is 0 Å². The maximum absolute atomic E-state index is 12.2. The number of hydrogen-bond donors (Lipinski definition) is 3. The molecule has 2 rings (SSSR count). The fourth-order valence-corrected chi connectivity index (χ4v) is 3.18. The first-order valence-corrected chi connectivity index (χ1v) is 6.93. The zero-order valence-electron chi connectivity index (χ0n) is 11.6. The number of aromatic nitrogens is 2. The molecule has 0 saturated heterocycles. The summed E-state index contributed by atoms with van der Waals surface area (Å²) in [5, 5.41) is 17.0. The zero-order valence-corrected chi connectivity index (χ0v) is 12.5. The van der Waals surface area contributed by atoms with E-state index in [-0.39, 0.29) is 19.1 Å². The van der Waals surface area contributed by atoms with Crippen molar-refractivity contribution in [3.63, 3.8) is 0 Å². The third kappa shape index (κ3) is 2.49. The van der Waals surface area contributed by atoms with Crippen LogP contribution in [0.1, 0.15) is 15.4 Å². The van der Waals surface area contributed by atoms with E-state index in [4.69, 9.17) is 10.5 Å². The van der Waals surface area contributed by atoms with Crippen LogP contribution in [0.25, 0.3) is 10.2 Å². The van der Waals surface area contributed by atoms with E-state index in [1.165, 1.54) is 18.4 Å². The Kier molecular flexibility index (Phi) is 4.26. The van der Waals surface area contributed by atoms with Crippen molar-refractivity contribution in [2.45, 2.75) is 13.0 Å². The number of aliphatic hydroxyl groups is 1. The predicted octanol–water partition coefficient (Wildman–Crippen LogP) is 0.263. The minimum Gasteiger partial charge on any atom is -0.397 e. The number of anilines is 1. The zero-order chi connectivity index (χ0) is 14.9. The van der Waals surface area contributed by atoms with Crippen LogP contribution < -0.4 is 11.1 Å². The minimum atomic E-state index is -0.448. The molecule has 0 aliphatic heterocycles. The van der Waals surface area contributed by atoms with Gasteiger partial charge >= 0.3 is 0 Å². The third-order valence-corrected chi connectivity index (χ3v) is 4.28. The normalized spacial score (nSPS) is 12.8. The second-order valence-electron chi connectivity index (χ2n) is 4.54. The number of amides is 1. The summed E-state index contributed by atoms with van der Waals surface area (Å²) >= 11 is 1.29. The van der Waals surface area contributed by atoms with E-state index in [2.05, 4.69) is 10.4 Å². The number of methoxy groups -OCH3 is 1. The summed E-state index contributed by atoms with van der Waals surface area (Å²) in [4.78, 5) is 13.5. The maximum Gasteiger partial charge on any atom is 0.263 e. The van der Waals surface area contributed by atoms with E-state index < -0.39 is 6.04 Å². The number of rotatable bonds is 5. The van der Waals surface area contributed by atoms with Crippen molar-refractivity contribution in [3.8, 4) is 0 Å².